The Kier molecular flexibility index (Phi) is 5.06. The maximum absolute atomic E-state index is 13.9. The van der Waals surface area contributed by atoms with Crippen molar-refractivity contribution >= 4 is 68.2 Å². The maximum atomic E-state index is 13.9. The topological polar surface area (TPSA) is 80.8 Å². The number of nitrogens with zero attached hydrogens (tertiary/aromatic N) is 1. The summed E-state index contributed by atoms with van der Waals surface area (Å²) in [6, 6.07) is 17.9. The van der Waals surface area contributed by atoms with Gasteiger partial charge in [0, 0.05) is 15.6 Å². The van der Waals surface area contributed by atoms with Crippen LogP contribution < -0.4 is 4.90 Å². The number of amides is 2. The summed E-state index contributed by atoms with van der Waals surface area (Å²) in [6.45, 7) is 0. The van der Waals surface area contributed by atoms with Gasteiger partial charge in [-0.15, -0.1) is 0 Å². The van der Waals surface area contributed by atoms with Crippen LogP contribution in [0.25, 0.3) is 0 Å². The van der Waals surface area contributed by atoms with Crippen molar-refractivity contribution in [1.29, 1.82) is 0 Å². The maximum Gasteiger partial charge on any atom is 0.241 e. The van der Waals surface area contributed by atoms with E-state index in [1.165, 1.54) is 24.3 Å². The second-order valence-corrected chi connectivity index (χ2v) is 10.3. The van der Waals surface area contributed by atoms with Crippen LogP contribution in [0.1, 0.15) is 32.4 Å². The molecule has 2 saturated heterocycles. The summed E-state index contributed by atoms with van der Waals surface area (Å²) >= 11 is 15.9. The fourth-order valence-electron chi connectivity index (χ4n) is 5.37. The molecule has 35 heavy (non-hydrogen) atoms. The molecule has 6 nitrogen and oxygen atoms in total. The zero-order valence-corrected chi connectivity index (χ0v) is 20.8. The summed E-state index contributed by atoms with van der Waals surface area (Å²) < 4.78 is 7.05. The van der Waals surface area contributed by atoms with Crippen LogP contribution in [-0.2, 0) is 14.3 Å². The minimum Gasteiger partial charge on any atom is -0.349 e. The van der Waals surface area contributed by atoms with Crippen LogP contribution in [0.3, 0.4) is 0 Å². The summed E-state index contributed by atoms with van der Waals surface area (Å²) in [7, 11) is 0. The highest BCUT2D eigenvalue weighted by atomic mass is 79.9. The van der Waals surface area contributed by atoms with Crippen LogP contribution >= 0.6 is 39.1 Å². The summed E-state index contributed by atoms with van der Waals surface area (Å²) in [5, 5.41) is 0.191. The van der Waals surface area contributed by atoms with E-state index in [-0.39, 0.29) is 26.9 Å². The largest absolute Gasteiger partial charge is 0.349 e. The first-order valence-electron chi connectivity index (χ1n) is 10.7. The van der Waals surface area contributed by atoms with Gasteiger partial charge in [-0.1, -0.05) is 81.6 Å². The number of imide groups is 1. The molecule has 3 aromatic carbocycles. The van der Waals surface area contributed by atoms with Gasteiger partial charge >= 0.3 is 0 Å². The van der Waals surface area contributed by atoms with Gasteiger partial charge in [0.15, 0.2) is 0 Å². The summed E-state index contributed by atoms with van der Waals surface area (Å²) in [6.07, 6.45) is -1.00. The Morgan fingerprint density at radius 1 is 0.800 bits per heavy atom. The SMILES string of the molecule is O=C1[C@@H]2[C@@H](c3ccc(Br)cc3)OC3(C(=O)c4ccccc4C3=O)[C@H]2C(=O)N1c1cccc(Cl)c1Cl. The lowest BCUT2D eigenvalue weighted by Crippen LogP contribution is -2.51. The molecule has 6 rings (SSSR count). The molecule has 2 heterocycles. The van der Waals surface area contributed by atoms with Crippen LogP contribution in [0.4, 0.5) is 5.69 Å². The Morgan fingerprint density at radius 2 is 1.43 bits per heavy atom. The minimum absolute atomic E-state index is 0.0263. The molecule has 2 amide bonds. The summed E-state index contributed by atoms with van der Waals surface area (Å²) in [5.41, 5.74) is -1.13. The molecule has 0 N–H and O–H groups in total. The van der Waals surface area contributed by atoms with Gasteiger partial charge in [-0.25, -0.2) is 4.90 Å². The van der Waals surface area contributed by atoms with Crippen molar-refractivity contribution in [2.45, 2.75) is 11.7 Å². The molecule has 1 spiro atoms. The molecule has 174 valence electrons. The highest BCUT2D eigenvalue weighted by molar-refractivity contribution is 9.10. The molecular weight excluding hydrogens is 557 g/mol. The van der Waals surface area contributed by atoms with Gasteiger partial charge < -0.3 is 4.74 Å². The number of benzene rings is 3. The number of anilines is 1. The molecule has 2 aliphatic heterocycles. The lowest BCUT2D eigenvalue weighted by atomic mass is 9.77. The average Bonchev–Trinajstić information content (AvgIpc) is 3.42. The van der Waals surface area contributed by atoms with E-state index in [0.717, 1.165) is 9.37 Å². The van der Waals surface area contributed by atoms with Crippen molar-refractivity contribution in [2.24, 2.45) is 11.8 Å². The van der Waals surface area contributed by atoms with Crippen molar-refractivity contribution in [2.75, 3.05) is 4.90 Å². The number of fused-ring (bicyclic) bond motifs is 3. The smallest absolute Gasteiger partial charge is 0.241 e. The predicted molar refractivity (Wildman–Crippen MR) is 132 cm³/mol. The number of ether oxygens (including phenoxy) is 1. The molecule has 0 aromatic heterocycles. The second-order valence-electron chi connectivity index (χ2n) is 8.62. The van der Waals surface area contributed by atoms with Crippen LogP contribution in [0, 0.1) is 11.8 Å². The molecule has 0 bridgehead atoms. The van der Waals surface area contributed by atoms with E-state index in [4.69, 9.17) is 27.9 Å². The van der Waals surface area contributed by atoms with E-state index in [1.54, 1.807) is 42.5 Å². The first-order valence-corrected chi connectivity index (χ1v) is 12.3. The molecule has 0 saturated carbocycles. The monoisotopic (exact) mass is 569 g/mol. The fraction of sp³-hybridized carbons (Fsp3) is 0.154. The molecule has 3 aliphatic rings. The predicted octanol–water partition coefficient (Wildman–Crippen LogP) is 5.45. The normalized spacial score (nSPS) is 24.4. The third kappa shape index (κ3) is 2.93. The van der Waals surface area contributed by atoms with Gasteiger partial charge in [0.2, 0.25) is 29.0 Å². The molecule has 3 atom stereocenters. The number of carbonyl (C=O) groups excluding carboxylic acids is 4. The number of hydrogen-bond donors (Lipinski definition) is 0. The fourth-order valence-corrected chi connectivity index (χ4v) is 6.02. The number of Topliss-reactive ketones (excluding diaryl/α,β-unsaturated/α-hetero) is 2. The Balaban J connectivity index is 1.56. The van der Waals surface area contributed by atoms with Crippen LogP contribution in [0.5, 0.6) is 0 Å². The zero-order valence-electron chi connectivity index (χ0n) is 17.7. The second kappa shape index (κ2) is 7.83. The highest BCUT2D eigenvalue weighted by Crippen LogP contribution is 2.58. The molecule has 0 unspecified atom stereocenters. The Hall–Kier alpha value is -2.84. The standard InChI is InChI=1S/C26H14BrCl2NO5/c27-13-10-8-12(9-11-13)21-18-19(25(34)30(24(18)33)17-7-3-6-16(28)20(17)29)26(35-21)22(31)14-4-1-2-5-15(14)23(26)32/h1-11,18-19,21H/t18-,19+,21+/m0/s1. The lowest BCUT2D eigenvalue weighted by Gasteiger charge is -2.27. The molecular formula is C26H14BrCl2NO5. The number of ketones is 2. The van der Waals surface area contributed by atoms with Crippen molar-refractivity contribution in [1.82, 2.24) is 0 Å². The number of halogens is 3. The van der Waals surface area contributed by atoms with Crippen molar-refractivity contribution in [3.63, 3.8) is 0 Å². The minimum atomic E-state index is -2.14. The van der Waals surface area contributed by atoms with Crippen LogP contribution in [-0.4, -0.2) is 29.0 Å². The van der Waals surface area contributed by atoms with E-state index in [0.29, 0.717) is 5.56 Å². The third-order valence-electron chi connectivity index (χ3n) is 6.89. The number of carbonyl (C=O) groups is 4. The average molecular weight is 571 g/mol. The zero-order chi connectivity index (χ0) is 24.6. The van der Waals surface area contributed by atoms with Crippen molar-refractivity contribution in [3.8, 4) is 0 Å². The molecule has 1 aliphatic carbocycles. The van der Waals surface area contributed by atoms with Gasteiger partial charge in [-0.2, -0.15) is 0 Å². The van der Waals surface area contributed by atoms with E-state index >= 15 is 0 Å². The van der Waals surface area contributed by atoms with E-state index in [9.17, 15) is 19.2 Å². The number of hydrogen-bond acceptors (Lipinski definition) is 5. The first-order chi connectivity index (χ1) is 16.8. The van der Waals surface area contributed by atoms with Gasteiger partial charge in [0.05, 0.1) is 33.7 Å². The van der Waals surface area contributed by atoms with E-state index < -0.39 is 46.9 Å². The van der Waals surface area contributed by atoms with Crippen molar-refractivity contribution in [3.05, 3.63) is 97.9 Å². The third-order valence-corrected chi connectivity index (χ3v) is 8.23. The first kappa shape index (κ1) is 22.6. The Bertz CT molecular complexity index is 1440. The Morgan fingerprint density at radius 3 is 2.06 bits per heavy atom. The van der Waals surface area contributed by atoms with Gasteiger partial charge in [-0.05, 0) is 29.8 Å². The van der Waals surface area contributed by atoms with Crippen molar-refractivity contribution < 1.29 is 23.9 Å². The molecule has 0 radical (unpaired) electrons. The van der Waals surface area contributed by atoms with E-state index in [1.807, 2.05) is 0 Å². The number of rotatable bonds is 2. The quantitative estimate of drug-likeness (QED) is 0.302. The Labute approximate surface area is 217 Å². The summed E-state index contributed by atoms with van der Waals surface area (Å²) in [5.74, 6) is -5.03. The molecule has 2 fully saturated rings. The van der Waals surface area contributed by atoms with Crippen LogP contribution in [0.2, 0.25) is 10.0 Å². The highest BCUT2D eigenvalue weighted by Gasteiger charge is 2.74. The van der Waals surface area contributed by atoms with E-state index in [2.05, 4.69) is 15.9 Å². The van der Waals surface area contributed by atoms with Gasteiger partial charge in [0.1, 0.15) is 0 Å². The van der Waals surface area contributed by atoms with Gasteiger partial charge in [-0.3, -0.25) is 19.2 Å². The molecule has 3 aromatic rings. The van der Waals surface area contributed by atoms with Gasteiger partial charge in [0.25, 0.3) is 0 Å². The van der Waals surface area contributed by atoms with Crippen LogP contribution in [0.15, 0.2) is 71.2 Å². The summed E-state index contributed by atoms with van der Waals surface area (Å²) in [4.78, 5) is 56.1. The molecule has 9 heteroatoms. The lowest BCUT2D eigenvalue weighted by molar-refractivity contribution is -0.127.